The van der Waals surface area contributed by atoms with Gasteiger partial charge in [-0.05, 0) is 56.7 Å². The minimum absolute atomic E-state index is 0.00242. The molecule has 1 aliphatic heterocycles. The Morgan fingerprint density at radius 2 is 2.00 bits per heavy atom. The van der Waals surface area contributed by atoms with Crippen LogP contribution in [0.15, 0.2) is 36.1 Å². The normalized spacial score (nSPS) is 17.3. The molecule has 2 heterocycles. The van der Waals surface area contributed by atoms with Gasteiger partial charge in [-0.3, -0.25) is 4.79 Å². The second-order valence-electron chi connectivity index (χ2n) is 7.59. The van der Waals surface area contributed by atoms with E-state index in [9.17, 15) is 4.79 Å². The number of hydrogen-bond acceptors (Lipinski definition) is 4. The van der Waals surface area contributed by atoms with Gasteiger partial charge in [0.25, 0.3) is 5.91 Å². The van der Waals surface area contributed by atoms with Crippen LogP contribution in [-0.2, 0) is 4.74 Å². The SMILES string of the molecule is C#C.C/C(=C\C=C/CBr)N(C)c1ccc(C(=O)NCC2CCOCC2)c(C2CC2)n1. The standard InChI is InChI=1S/C22H30BrN3O2.C2H2/c1-16(5-3-4-12-23)26(2)20-9-8-19(21(25-20)18-6-7-18)22(27)24-15-17-10-13-28-14-11-17;1-2/h3-5,8-9,17-18H,6-7,10-15H2,1-2H3,(H,24,27);1-2H/b4-3-,16-5+;. The summed E-state index contributed by atoms with van der Waals surface area (Å²) in [6.45, 7) is 4.38. The van der Waals surface area contributed by atoms with E-state index < -0.39 is 0 Å². The minimum atomic E-state index is 0.00242. The maximum atomic E-state index is 12.8. The number of pyridine rings is 1. The van der Waals surface area contributed by atoms with Gasteiger partial charge in [0.15, 0.2) is 0 Å². The lowest BCUT2D eigenvalue weighted by Gasteiger charge is -2.23. The molecule has 162 valence electrons. The van der Waals surface area contributed by atoms with Crippen LogP contribution in [0, 0.1) is 18.8 Å². The molecule has 0 unspecified atom stereocenters. The van der Waals surface area contributed by atoms with E-state index in [1.165, 1.54) is 0 Å². The van der Waals surface area contributed by atoms with Gasteiger partial charge >= 0.3 is 0 Å². The van der Waals surface area contributed by atoms with Gasteiger partial charge in [0.1, 0.15) is 5.82 Å². The summed E-state index contributed by atoms with van der Waals surface area (Å²) in [5.74, 6) is 1.81. The molecule has 0 spiro atoms. The van der Waals surface area contributed by atoms with Crippen LogP contribution in [-0.4, -0.2) is 43.0 Å². The molecule has 1 aromatic heterocycles. The number of allylic oxidation sites excluding steroid dienone is 4. The number of amides is 1. The summed E-state index contributed by atoms with van der Waals surface area (Å²) in [7, 11) is 2.01. The van der Waals surface area contributed by atoms with Gasteiger partial charge in [-0.25, -0.2) is 4.98 Å². The number of hydrogen-bond donors (Lipinski definition) is 1. The number of carbonyl (C=O) groups excluding carboxylic acids is 1. The molecule has 1 aliphatic carbocycles. The van der Waals surface area contributed by atoms with Gasteiger partial charge in [-0.2, -0.15) is 0 Å². The number of alkyl halides is 1. The molecule has 30 heavy (non-hydrogen) atoms. The zero-order valence-corrected chi connectivity index (χ0v) is 19.5. The average molecular weight is 474 g/mol. The van der Waals surface area contributed by atoms with E-state index in [4.69, 9.17) is 9.72 Å². The first-order valence-electron chi connectivity index (χ1n) is 10.4. The molecule has 1 amide bonds. The third kappa shape index (κ3) is 7.00. The molecule has 6 heteroatoms. The summed E-state index contributed by atoms with van der Waals surface area (Å²) in [4.78, 5) is 19.7. The fourth-order valence-electron chi connectivity index (χ4n) is 3.34. The van der Waals surface area contributed by atoms with Crippen molar-refractivity contribution in [3.8, 4) is 12.8 Å². The summed E-state index contributed by atoms with van der Waals surface area (Å²) in [5.41, 5.74) is 2.77. The van der Waals surface area contributed by atoms with Crippen molar-refractivity contribution < 1.29 is 9.53 Å². The fraction of sp³-hybridized carbons (Fsp3) is 0.500. The Morgan fingerprint density at radius 1 is 1.30 bits per heavy atom. The number of halogens is 1. The molecule has 0 aromatic carbocycles. The maximum absolute atomic E-state index is 12.8. The summed E-state index contributed by atoms with van der Waals surface area (Å²) in [5, 5.41) is 3.96. The van der Waals surface area contributed by atoms with Crippen LogP contribution >= 0.6 is 15.9 Å². The van der Waals surface area contributed by atoms with Gasteiger partial charge in [0.2, 0.25) is 0 Å². The van der Waals surface area contributed by atoms with Crippen molar-refractivity contribution in [1.29, 1.82) is 0 Å². The van der Waals surface area contributed by atoms with Crippen molar-refractivity contribution in [3.63, 3.8) is 0 Å². The van der Waals surface area contributed by atoms with Crippen LogP contribution in [0.2, 0.25) is 0 Å². The van der Waals surface area contributed by atoms with E-state index in [0.717, 1.165) is 73.5 Å². The molecular weight excluding hydrogens is 442 g/mol. The summed E-state index contributed by atoms with van der Waals surface area (Å²) in [6.07, 6.45) is 18.4. The van der Waals surface area contributed by atoms with Crippen molar-refractivity contribution >= 4 is 27.7 Å². The molecule has 0 atom stereocenters. The molecule has 1 aromatic rings. The van der Waals surface area contributed by atoms with E-state index in [-0.39, 0.29) is 5.91 Å². The van der Waals surface area contributed by atoms with E-state index in [0.29, 0.717) is 11.8 Å². The lowest BCUT2D eigenvalue weighted by atomic mass is 10.00. The zero-order chi connectivity index (χ0) is 21.9. The Bertz CT molecular complexity index is 778. The molecule has 1 saturated carbocycles. The third-order valence-electron chi connectivity index (χ3n) is 5.45. The smallest absolute Gasteiger partial charge is 0.253 e. The monoisotopic (exact) mass is 473 g/mol. The second-order valence-corrected chi connectivity index (χ2v) is 8.24. The lowest BCUT2D eigenvalue weighted by Crippen LogP contribution is -2.33. The van der Waals surface area contributed by atoms with Crippen molar-refractivity contribution in [2.24, 2.45) is 5.92 Å². The predicted molar refractivity (Wildman–Crippen MR) is 127 cm³/mol. The van der Waals surface area contributed by atoms with Crippen LogP contribution in [0.4, 0.5) is 5.82 Å². The highest BCUT2D eigenvalue weighted by molar-refractivity contribution is 9.09. The van der Waals surface area contributed by atoms with Gasteiger partial charge in [-0.15, -0.1) is 12.8 Å². The number of nitrogens with one attached hydrogen (secondary N) is 1. The lowest BCUT2D eigenvalue weighted by molar-refractivity contribution is 0.0642. The second kappa shape index (κ2) is 12.6. The Balaban J connectivity index is 0.00000155. The van der Waals surface area contributed by atoms with Gasteiger partial charge in [-0.1, -0.05) is 28.1 Å². The van der Waals surface area contributed by atoms with E-state index in [1.807, 2.05) is 31.3 Å². The first-order valence-corrected chi connectivity index (χ1v) is 11.6. The van der Waals surface area contributed by atoms with Gasteiger partial charge < -0.3 is 15.0 Å². The number of aromatic nitrogens is 1. The molecule has 2 aliphatic rings. The first-order chi connectivity index (χ1) is 14.6. The summed E-state index contributed by atoms with van der Waals surface area (Å²) >= 11 is 3.39. The van der Waals surface area contributed by atoms with Crippen LogP contribution in [0.25, 0.3) is 0 Å². The Kier molecular flexibility index (Phi) is 10.1. The molecule has 1 N–H and O–H groups in total. The first kappa shape index (κ1) is 24.2. The van der Waals surface area contributed by atoms with Crippen LogP contribution < -0.4 is 10.2 Å². The summed E-state index contributed by atoms with van der Waals surface area (Å²) < 4.78 is 5.40. The molecule has 5 nitrogen and oxygen atoms in total. The maximum Gasteiger partial charge on any atom is 0.253 e. The average Bonchev–Trinajstić information content (AvgIpc) is 3.64. The third-order valence-corrected chi connectivity index (χ3v) is 5.82. The van der Waals surface area contributed by atoms with Crippen molar-refractivity contribution in [2.75, 3.05) is 37.0 Å². The Morgan fingerprint density at radius 3 is 2.63 bits per heavy atom. The highest BCUT2D eigenvalue weighted by Crippen LogP contribution is 2.41. The fourth-order valence-corrected chi connectivity index (χ4v) is 3.56. The molecule has 1 saturated heterocycles. The van der Waals surface area contributed by atoms with Crippen LogP contribution in [0.3, 0.4) is 0 Å². The number of nitrogens with zero attached hydrogens (tertiary/aromatic N) is 2. The quantitative estimate of drug-likeness (QED) is 0.339. The van der Waals surface area contributed by atoms with E-state index >= 15 is 0 Å². The Hall–Kier alpha value is -2.10. The largest absolute Gasteiger partial charge is 0.381 e. The van der Waals surface area contributed by atoms with Gasteiger partial charge in [0.05, 0.1) is 11.3 Å². The van der Waals surface area contributed by atoms with E-state index in [1.54, 1.807) is 0 Å². The number of ether oxygens (including phenoxy) is 1. The minimum Gasteiger partial charge on any atom is -0.381 e. The topological polar surface area (TPSA) is 54.5 Å². The molecular formula is C24H32BrN3O2. The van der Waals surface area contributed by atoms with Gasteiger partial charge in [0, 0.05) is 43.8 Å². The molecule has 0 radical (unpaired) electrons. The molecule has 2 fully saturated rings. The molecule has 3 rings (SSSR count). The molecule has 0 bridgehead atoms. The number of terminal acetylenes is 1. The highest BCUT2D eigenvalue weighted by Gasteiger charge is 2.30. The van der Waals surface area contributed by atoms with Crippen molar-refractivity contribution in [1.82, 2.24) is 10.3 Å². The zero-order valence-electron chi connectivity index (χ0n) is 17.9. The number of carbonyl (C=O) groups is 1. The van der Waals surface area contributed by atoms with Crippen LogP contribution in [0.5, 0.6) is 0 Å². The van der Waals surface area contributed by atoms with Crippen LogP contribution in [0.1, 0.15) is 54.6 Å². The Labute approximate surface area is 189 Å². The number of anilines is 1. The number of rotatable bonds is 8. The highest BCUT2D eigenvalue weighted by atomic mass is 79.9. The van der Waals surface area contributed by atoms with Crippen molar-refractivity contribution in [3.05, 3.63) is 47.3 Å². The summed E-state index contributed by atoms with van der Waals surface area (Å²) in [6, 6.07) is 3.88. The van der Waals surface area contributed by atoms with E-state index in [2.05, 4.69) is 52.0 Å². The van der Waals surface area contributed by atoms with Crippen molar-refractivity contribution in [2.45, 2.75) is 38.5 Å². The predicted octanol–water partition coefficient (Wildman–Crippen LogP) is 4.66.